The summed E-state index contributed by atoms with van der Waals surface area (Å²) in [6.07, 6.45) is 8.70. The van der Waals surface area contributed by atoms with Gasteiger partial charge in [-0.25, -0.2) is 19.3 Å². The molecule has 1 fully saturated rings. The zero-order valence-electron chi connectivity index (χ0n) is 18.2. The summed E-state index contributed by atoms with van der Waals surface area (Å²) < 4.78 is 16.0. The number of nitrogens with zero attached hydrogens (tertiary/aromatic N) is 5. The van der Waals surface area contributed by atoms with Crippen LogP contribution in [0.1, 0.15) is 48.4 Å². The molecule has 0 radical (unpaired) electrons. The van der Waals surface area contributed by atoms with Gasteiger partial charge in [0.05, 0.1) is 23.8 Å². The third kappa shape index (κ3) is 4.91. The number of imidazole rings is 1. The molecule has 162 valence electrons. The number of fused-ring (bicyclic) bond motifs is 1. The lowest BCUT2D eigenvalue weighted by Crippen LogP contribution is -2.21. The first-order valence-corrected chi connectivity index (χ1v) is 10.1. The number of halogens is 1. The van der Waals surface area contributed by atoms with Gasteiger partial charge in [-0.3, -0.25) is 4.79 Å². The normalized spacial score (nSPS) is 12.7. The number of anilines is 2. The van der Waals surface area contributed by atoms with Crippen molar-refractivity contribution in [2.24, 2.45) is 5.73 Å². The summed E-state index contributed by atoms with van der Waals surface area (Å²) in [4.78, 5) is 27.3. The molecule has 3 aromatic heterocycles. The van der Waals surface area contributed by atoms with Gasteiger partial charge in [-0.1, -0.05) is 13.8 Å². The van der Waals surface area contributed by atoms with Gasteiger partial charge in [-0.2, -0.15) is 0 Å². The van der Waals surface area contributed by atoms with E-state index in [2.05, 4.69) is 30.9 Å². The summed E-state index contributed by atoms with van der Waals surface area (Å²) in [5.74, 6) is -0.105. The van der Waals surface area contributed by atoms with Gasteiger partial charge < -0.3 is 20.4 Å². The molecule has 0 aliphatic carbocycles. The number of carbonyl (C=O) groups excluding carboxylic acids is 1. The molecule has 0 saturated carbocycles. The van der Waals surface area contributed by atoms with Crippen LogP contribution in [0.5, 0.6) is 0 Å². The number of hydrogen-bond donors (Lipinski definition) is 2. The predicted molar refractivity (Wildman–Crippen MR) is 118 cm³/mol. The number of aromatic nitrogens is 4. The van der Waals surface area contributed by atoms with E-state index in [0.29, 0.717) is 16.9 Å². The van der Waals surface area contributed by atoms with Gasteiger partial charge in [-0.15, -0.1) is 0 Å². The molecule has 30 heavy (non-hydrogen) atoms. The first kappa shape index (κ1) is 23.2. The average Bonchev–Trinajstić information content (AvgIpc) is 3.44. The Morgan fingerprint density at radius 2 is 1.77 bits per heavy atom. The van der Waals surface area contributed by atoms with E-state index < -0.39 is 11.7 Å². The minimum absolute atomic E-state index is 0.190. The van der Waals surface area contributed by atoms with E-state index in [1.54, 1.807) is 36.8 Å². The molecular formula is C21H30FN7O. The molecule has 3 aromatic rings. The second-order valence-corrected chi connectivity index (χ2v) is 6.50. The molecule has 0 aromatic carbocycles. The molecule has 3 N–H and O–H groups in total. The molecule has 0 spiro atoms. The maximum absolute atomic E-state index is 14.5. The highest BCUT2D eigenvalue weighted by Crippen LogP contribution is 2.23. The first-order valence-electron chi connectivity index (χ1n) is 10.1. The largest absolute Gasteiger partial charge is 0.355 e. The Hall–Kier alpha value is -3.07. The van der Waals surface area contributed by atoms with Crippen molar-refractivity contribution in [1.82, 2.24) is 19.4 Å². The number of amides is 1. The van der Waals surface area contributed by atoms with Gasteiger partial charge in [0.2, 0.25) is 0 Å². The van der Waals surface area contributed by atoms with Crippen LogP contribution in [0, 0.1) is 19.7 Å². The number of rotatable bonds is 3. The van der Waals surface area contributed by atoms with Crippen LogP contribution in [0.2, 0.25) is 0 Å². The Morgan fingerprint density at radius 1 is 1.10 bits per heavy atom. The van der Waals surface area contributed by atoms with E-state index in [0.717, 1.165) is 31.7 Å². The second kappa shape index (κ2) is 10.6. The van der Waals surface area contributed by atoms with Gasteiger partial charge in [-0.05, 0) is 33.7 Å². The monoisotopic (exact) mass is 415 g/mol. The maximum Gasteiger partial charge on any atom is 0.275 e. The van der Waals surface area contributed by atoms with Crippen LogP contribution in [-0.4, -0.2) is 45.4 Å². The highest BCUT2D eigenvalue weighted by Gasteiger charge is 2.17. The van der Waals surface area contributed by atoms with Gasteiger partial charge in [0.15, 0.2) is 11.5 Å². The van der Waals surface area contributed by atoms with Gasteiger partial charge in [0, 0.05) is 31.0 Å². The Labute approximate surface area is 176 Å². The van der Waals surface area contributed by atoms with Crippen LogP contribution < -0.4 is 16.0 Å². The van der Waals surface area contributed by atoms with Crippen LogP contribution in [-0.2, 0) is 0 Å². The topological polar surface area (TPSA) is 101 Å². The van der Waals surface area contributed by atoms with E-state index in [4.69, 9.17) is 0 Å². The molecule has 0 bridgehead atoms. The highest BCUT2D eigenvalue weighted by molar-refractivity contribution is 6.03. The molecule has 1 saturated heterocycles. The minimum Gasteiger partial charge on any atom is -0.355 e. The number of pyridine rings is 1. The number of aryl methyl sites for hydroxylation is 1. The van der Waals surface area contributed by atoms with E-state index in [1.165, 1.54) is 13.2 Å². The van der Waals surface area contributed by atoms with Crippen LogP contribution >= 0.6 is 0 Å². The van der Waals surface area contributed by atoms with Crippen molar-refractivity contribution >= 4 is 23.1 Å². The summed E-state index contributed by atoms with van der Waals surface area (Å²) in [6.45, 7) is 9.32. The third-order valence-corrected chi connectivity index (χ3v) is 4.60. The minimum atomic E-state index is -0.452. The lowest BCUT2D eigenvalue weighted by atomic mass is 10.2. The third-order valence-electron chi connectivity index (χ3n) is 4.60. The fourth-order valence-corrected chi connectivity index (χ4v) is 3.16. The summed E-state index contributed by atoms with van der Waals surface area (Å²) >= 11 is 0. The van der Waals surface area contributed by atoms with Crippen LogP contribution in [0.3, 0.4) is 0 Å². The lowest BCUT2D eigenvalue weighted by Gasteiger charge is -2.15. The molecule has 0 atom stereocenters. The SMILES string of the molecule is CC.CN.Cc1cn2cc(NC(=O)c3cnc(N4CCCC4)cn3)c(C)c(F)c2n1. The number of nitrogens with one attached hydrogen (secondary N) is 1. The van der Waals surface area contributed by atoms with Gasteiger partial charge >= 0.3 is 0 Å². The van der Waals surface area contributed by atoms with Crippen molar-refractivity contribution in [2.45, 2.75) is 40.5 Å². The highest BCUT2D eigenvalue weighted by atomic mass is 19.1. The summed E-state index contributed by atoms with van der Waals surface area (Å²) in [6, 6.07) is 0. The Kier molecular flexibility index (Phi) is 8.23. The van der Waals surface area contributed by atoms with Crippen molar-refractivity contribution in [3.63, 3.8) is 0 Å². The lowest BCUT2D eigenvalue weighted by molar-refractivity contribution is 0.102. The Balaban J connectivity index is 0.000000757. The molecule has 4 rings (SSSR count). The first-order chi connectivity index (χ1) is 14.5. The molecule has 0 unspecified atom stereocenters. The fourth-order valence-electron chi connectivity index (χ4n) is 3.16. The van der Waals surface area contributed by atoms with E-state index in [1.807, 2.05) is 13.8 Å². The fraction of sp³-hybridized carbons (Fsp3) is 0.429. The van der Waals surface area contributed by atoms with E-state index >= 15 is 0 Å². The zero-order chi connectivity index (χ0) is 22.3. The van der Waals surface area contributed by atoms with Crippen molar-refractivity contribution < 1.29 is 9.18 Å². The smallest absolute Gasteiger partial charge is 0.275 e. The molecular weight excluding hydrogens is 385 g/mol. The summed E-state index contributed by atoms with van der Waals surface area (Å²) in [5, 5.41) is 2.71. The maximum atomic E-state index is 14.5. The second-order valence-electron chi connectivity index (χ2n) is 6.50. The zero-order valence-corrected chi connectivity index (χ0v) is 18.2. The molecule has 1 aliphatic heterocycles. The summed E-state index contributed by atoms with van der Waals surface area (Å²) in [5.41, 5.74) is 6.35. The Morgan fingerprint density at radius 3 is 2.37 bits per heavy atom. The van der Waals surface area contributed by atoms with Crippen molar-refractivity contribution in [3.05, 3.63) is 47.6 Å². The van der Waals surface area contributed by atoms with Gasteiger partial charge in [0.1, 0.15) is 11.5 Å². The van der Waals surface area contributed by atoms with Crippen molar-refractivity contribution in [3.8, 4) is 0 Å². The van der Waals surface area contributed by atoms with Crippen LogP contribution in [0.15, 0.2) is 24.8 Å². The molecule has 4 heterocycles. The Bertz CT molecular complexity index is 979. The van der Waals surface area contributed by atoms with E-state index in [9.17, 15) is 9.18 Å². The molecule has 9 heteroatoms. The average molecular weight is 416 g/mol. The number of carbonyl (C=O) groups is 1. The standard InChI is InChI=1S/C18H19FN6O.C2H6.CH5N/c1-11-9-25-10-14(12(2)16(19)17(25)22-11)23-18(26)13-7-21-15(8-20-13)24-5-3-4-6-24;2*1-2/h7-10H,3-6H2,1-2H3,(H,23,26);1-2H3;2H2,1H3. The van der Waals surface area contributed by atoms with E-state index in [-0.39, 0.29) is 11.3 Å². The van der Waals surface area contributed by atoms with Gasteiger partial charge in [0.25, 0.3) is 5.91 Å². The summed E-state index contributed by atoms with van der Waals surface area (Å²) in [7, 11) is 1.50. The molecule has 8 nitrogen and oxygen atoms in total. The van der Waals surface area contributed by atoms with Crippen molar-refractivity contribution in [2.75, 3.05) is 30.4 Å². The quantitative estimate of drug-likeness (QED) is 0.680. The number of hydrogen-bond acceptors (Lipinski definition) is 6. The molecule has 1 aliphatic rings. The number of nitrogens with two attached hydrogens (primary N) is 1. The van der Waals surface area contributed by atoms with Crippen LogP contribution in [0.25, 0.3) is 5.65 Å². The molecule has 1 amide bonds. The van der Waals surface area contributed by atoms with Crippen molar-refractivity contribution in [1.29, 1.82) is 0 Å². The predicted octanol–water partition coefficient (Wildman–Crippen LogP) is 3.33. The van der Waals surface area contributed by atoms with Crippen LogP contribution in [0.4, 0.5) is 15.9 Å².